The van der Waals surface area contributed by atoms with Crippen LogP contribution in [0.15, 0.2) is 30.3 Å². The van der Waals surface area contributed by atoms with E-state index in [0.29, 0.717) is 18.8 Å². The summed E-state index contributed by atoms with van der Waals surface area (Å²) in [6.07, 6.45) is 1.16. The predicted octanol–water partition coefficient (Wildman–Crippen LogP) is 2.59. The molecular weight excluding hydrogens is 328 g/mol. The average molecular weight is 354 g/mol. The van der Waals surface area contributed by atoms with Crippen molar-refractivity contribution < 1.29 is 9.47 Å². The fraction of sp³-hybridized carbons (Fsp3) is 0.350. The highest BCUT2D eigenvalue weighted by molar-refractivity contribution is 5.96. The van der Waals surface area contributed by atoms with E-state index in [1.165, 1.54) is 6.21 Å². The van der Waals surface area contributed by atoms with Crippen LogP contribution in [0.4, 0.5) is 5.69 Å². The molecule has 6 heteroatoms. The Morgan fingerprint density at radius 2 is 2.15 bits per heavy atom. The van der Waals surface area contributed by atoms with Gasteiger partial charge in [0.05, 0.1) is 0 Å². The maximum atomic E-state index is 7.77. The van der Waals surface area contributed by atoms with Gasteiger partial charge in [-0.2, -0.15) is 0 Å². The van der Waals surface area contributed by atoms with Crippen molar-refractivity contribution >= 4 is 11.9 Å². The zero-order valence-electron chi connectivity index (χ0n) is 15.5. The van der Waals surface area contributed by atoms with Crippen molar-refractivity contribution in [3.05, 3.63) is 47.0 Å². The Hall–Kier alpha value is -2.41. The fourth-order valence-electron chi connectivity index (χ4n) is 3.50. The highest BCUT2D eigenvalue weighted by Crippen LogP contribution is 2.34. The van der Waals surface area contributed by atoms with Gasteiger partial charge in [-0.1, -0.05) is 12.1 Å². The molecule has 26 heavy (non-hydrogen) atoms. The summed E-state index contributed by atoms with van der Waals surface area (Å²) in [6.45, 7) is 4.13. The molecule has 0 bridgehead atoms. The topological polar surface area (TPSA) is 83.6 Å². The molecule has 0 saturated heterocycles. The number of nitrogens with one attached hydrogen (secondary N) is 2. The van der Waals surface area contributed by atoms with Gasteiger partial charge in [0.1, 0.15) is 12.4 Å². The number of methoxy groups -OCH3 is 1. The van der Waals surface area contributed by atoms with E-state index in [1.54, 1.807) is 7.11 Å². The molecule has 0 radical (unpaired) electrons. The normalized spacial score (nSPS) is 15.7. The van der Waals surface area contributed by atoms with Crippen molar-refractivity contribution in [2.75, 3.05) is 33.0 Å². The Balaban J connectivity index is 2.04. The van der Waals surface area contributed by atoms with Crippen molar-refractivity contribution in [1.29, 1.82) is 5.41 Å². The van der Waals surface area contributed by atoms with Crippen molar-refractivity contribution in [2.45, 2.75) is 19.8 Å². The molecule has 0 aliphatic carbocycles. The first-order chi connectivity index (χ1) is 12.6. The van der Waals surface area contributed by atoms with Gasteiger partial charge in [-0.3, -0.25) is 10.2 Å². The molecule has 2 aromatic carbocycles. The number of hydrogen-bond donors (Lipinski definition) is 3. The van der Waals surface area contributed by atoms with E-state index < -0.39 is 0 Å². The standard InChI is InChI=1S/C20H26N4O2/c1-13-4-6-17(22)16(11-21)19(13)14-5-7-18-15(10-14)12-24(8-9-26-18)20(23-2)25-3/h4-7,10-11,20-21,23H,8-9,12,22H2,1-3H3. The first-order valence-corrected chi connectivity index (χ1v) is 8.68. The highest BCUT2D eigenvalue weighted by Gasteiger charge is 2.22. The van der Waals surface area contributed by atoms with Gasteiger partial charge in [-0.25, -0.2) is 0 Å². The fourth-order valence-corrected chi connectivity index (χ4v) is 3.50. The summed E-state index contributed by atoms with van der Waals surface area (Å²) in [6, 6.07) is 10.0. The molecule has 0 spiro atoms. The molecule has 1 atom stereocenters. The lowest BCUT2D eigenvalue weighted by Crippen LogP contribution is -2.45. The molecule has 4 N–H and O–H groups in total. The molecule has 2 aromatic rings. The van der Waals surface area contributed by atoms with Gasteiger partial charge in [0.25, 0.3) is 0 Å². The number of nitrogens with zero attached hydrogens (tertiary/aromatic N) is 1. The van der Waals surface area contributed by atoms with Gasteiger partial charge in [0.2, 0.25) is 0 Å². The lowest BCUT2D eigenvalue weighted by atomic mass is 9.93. The third kappa shape index (κ3) is 3.44. The van der Waals surface area contributed by atoms with Crippen LogP contribution in [0.2, 0.25) is 0 Å². The van der Waals surface area contributed by atoms with Gasteiger partial charge in [0.15, 0.2) is 6.35 Å². The first-order valence-electron chi connectivity index (χ1n) is 8.68. The Morgan fingerprint density at radius 3 is 2.85 bits per heavy atom. The van der Waals surface area contributed by atoms with Crippen LogP contribution in [0.5, 0.6) is 5.75 Å². The number of hydrogen-bond acceptors (Lipinski definition) is 6. The van der Waals surface area contributed by atoms with E-state index in [0.717, 1.165) is 40.1 Å². The molecule has 0 fully saturated rings. The van der Waals surface area contributed by atoms with Crippen LogP contribution in [0, 0.1) is 12.3 Å². The molecule has 1 aliphatic heterocycles. The lowest BCUT2D eigenvalue weighted by molar-refractivity contribution is -0.0563. The van der Waals surface area contributed by atoms with Crippen molar-refractivity contribution in [2.24, 2.45) is 0 Å². The summed E-state index contributed by atoms with van der Waals surface area (Å²) >= 11 is 0. The number of fused-ring (bicyclic) bond motifs is 1. The molecule has 0 amide bonds. The molecule has 3 rings (SSSR count). The second-order valence-corrected chi connectivity index (χ2v) is 6.42. The zero-order valence-corrected chi connectivity index (χ0v) is 15.5. The minimum absolute atomic E-state index is 0.167. The summed E-state index contributed by atoms with van der Waals surface area (Å²) in [7, 11) is 3.57. The maximum Gasteiger partial charge on any atom is 0.165 e. The lowest BCUT2D eigenvalue weighted by Gasteiger charge is -2.28. The number of nitrogen functional groups attached to an aromatic ring is 1. The minimum atomic E-state index is -0.167. The van der Waals surface area contributed by atoms with Gasteiger partial charge >= 0.3 is 0 Å². The van der Waals surface area contributed by atoms with Crippen molar-refractivity contribution in [3.8, 4) is 16.9 Å². The Labute approximate surface area is 154 Å². The Kier molecular flexibility index (Phi) is 5.56. The van der Waals surface area contributed by atoms with Crippen LogP contribution in [0.25, 0.3) is 11.1 Å². The molecule has 1 unspecified atom stereocenters. The molecule has 1 heterocycles. The van der Waals surface area contributed by atoms with E-state index in [-0.39, 0.29) is 6.35 Å². The second-order valence-electron chi connectivity index (χ2n) is 6.42. The van der Waals surface area contributed by atoms with Crippen LogP contribution >= 0.6 is 0 Å². The van der Waals surface area contributed by atoms with Crippen LogP contribution in [-0.4, -0.2) is 44.8 Å². The molecule has 1 aliphatic rings. The van der Waals surface area contributed by atoms with Crippen molar-refractivity contribution in [1.82, 2.24) is 10.2 Å². The third-order valence-electron chi connectivity index (χ3n) is 4.79. The smallest absolute Gasteiger partial charge is 0.165 e. The average Bonchev–Trinajstić information content (AvgIpc) is 2.86. The summed E-state index contributed by atoms with van der Waals surface area (Å²) in [4.78, 5) is 2.19. The van der Waals surface area contributed by atoms with Gasteiger partial charge in [-0.15, -0.1) is 0 Å². The summed E-state index contributed by atoms with van der Waals surface area (Å²) in [5.41, 5.74) is 11.7. The number of anilines is 1. The van der Waals surface area contributed by atoms with Crippen LogP contribution < -0.4 is 15.8 Å². The quantitative estimate of drug-likeness (QED) is 0.437. The second kappa shape index (κ2) is 7.86. The van der Waals surface area contributed by atoms with Crippen LogP contribution in [-0.2, 0) is 11.3 Å². The highest BCUT2D eigenvalue weighted by atomic mass is 16.5. The SMILES string of the molecule is CNC(OC)N1CCOc2ccc(-c3c(C)ccc(N)c3C=N)cc2C1. The first kappa shape index (κ1) is 18.4. The van der Waals surface area contributed by atoms with E-state index in [1.807, 2.05) is 38.2 Å². The van der Waals surface area contributed by atoms with Gasteiger partial charge in [-0.05, 0) is 48.9 Å². The molecule has 138 valence electrons. The van der Waals surface area contributed by atoms with E-state index >= 15 is 0 Å². The number of nitrogens with two attached hydrogens (primary N) is 1. The Bertz CT molecular complexity index is 803. The third-order valence-corrected chi connectivity index (χ3v) is 4.79. The Morgan fingerprint density at radius 1 is 1.35 bits per heavy atom. The van der Waals surface area contributed by atoms with Gasteiger partial charge < -0.3 is 20.6 Å². The summed E-state index contributed by atoms with van der Waals surface area (Å²) in [5, 5.41) is 10.9. The molecule has 0 aromatic heterocycles. The minimum Gasteiger partial charge on any atom is -0.492 e. The molecular formula is C20H26N4O2. The van der Waals surface area contributed by atoms with Crippen molar-refractivity contribution in [3.63, 3.8) is 0 Å². The van der Waals surface area contributed by atoms with E-state index in [2.05, 4.69) is 16.3 Å². The number of benzene rings is 2. The zero-order chi connectivity index (χ0) is 18.7. The van der Waals surface area contributed by atoms with E-state index in [4.69, 9.17) is 20.6 Å². The summed E-state index contributed by atoms with van der Waals surface area (Å²) in [5.74, 6) is 0.889. The summed E-state index contributed by atoms with van der Waals surface area (Å²) < 4.78 is 11.4. The number of rotatable bonds is 5. The number of ether oxygens (including phenoxy) is 2. The largest absolute Gasteiger partial charge is 0.492 e. The monoisotopic (exact) mass is 354 g/mol. The van der Waals surface area contributed by atoms with Crippen LogP contribution in [0.3, 0.4) is 0 Å². The van der Waals surface area contributed by atoms with Gasteiger partial charge in [0, 0.05) is 43.2 Å². The number of aryl methyl sites for hydroxylation is 1. The maximum absolute atomic E-state index is 7.77. The van der Waals surface area contributed by atoms with E-state index in [9.17, 15) is 0 Å². The molecule has 0 saturated carbocycles. The predicted molar refractivity (Wildman–Crippen MR) is 105 cm³/mol. The van der Waals surface area contributed by atoms with Crippen LogP contribution in [0.1, 0.15) is 16.7 Å². The molecule has 6 nitrogen and oxygen atoms in total.